The largest absolute Gasteiger partial charge is 0.481 e. The van der Waals surface area contributed by atoms with Gasteiger partial charge in [0.05, 0.1) is 17.3 Å². The van der Waals surface area contributed by atoms with E-state index in [1.54, 1.807) is 4.68 Å². The number of para-hydroxylation sites is 1. The summed E-state index contributed by atoms with van der Waals surface area (Å²) in [4.78, 5) is 26.4. The second-order valence-corrected chi connectivity index (χ2v) is 8.23. The van der Waals surface area contributed by atoms with Crippen LogP contribution in [-0.4, -0.2) is 44.8 Å². The first-order valence-corrected chi connectivity index (χ1v) is 9.75. The number of hydrogen-bond acceptors (Lipinski definition) is 3. The molecule has 27 heavy (non-hydrogen) atoms. The van der Waals surface area contributed by atoms with E-state index in [0.717, 1.165) is 43.5 Å². The van der Waals surface area contributed by atoms with Crippen molar-refractivity contribution in [3.63, 3.8) is 0 Å². The van der Waals surface area contributed by atoms with Crippen LogP contribution >= 0.6 is 0 Å². The number of hydrogen-bond donors (Lipinski definition) is 1. The first kappa shape index (κ1) is 16.5. The Bertz CT molecular complexity index is 893. The maximum absolute atomic E-state index is 13.2. The van der Waals surface area contributed by atoms with E-state index in [2.05, 4.69) is 0 Å². The summed E-state index contributed by atoms with van der Waals surface area (Å²) < 4.78 is 1.78. The normalized spacial score (nSPS) is 23.4. The highest BCUT2D eigenvalue weighted by atomic mass is 16.4. The molecule has 1 aromatic heterocycles. The molecule has 1 aromatic carbocycles. The topological polar surface area (TPSA) is 75.4 Å². The van der Waals surface area contributed by atoms with E-state index in [9.17, 15) is 14.7 Å². The molecular weight excluding hydrogens is 342 g/mol. The number of rotatable bonds is 4. The van der Waals surface area contributed by atoms with Crippen LogP contribution in [0.4, 0.5) is 0 Å². The van der Waals surface area contributed by atoms with E-state index in [1.807, 2.05) is 41.3 Å². The zero-order chi connectivity index (χ0) is 18.6. The first-order chi connectivity index (χ1) is 13.1. The minimum absolute atomic E-state index is 0.000582. The Morgan fingerprint density at radius 3 is 2.41 bits per heavy atom. The van der Waals surface area contributed by atoms with Gasteiger partial charge in [-0.05, 0) is 55.7 Å². The number of carboxylic acids is 1. The van der Waals surface area contributed by atoms with Gasteiger partial charge in [0.15, 0.2) is 0 Å². The van der Waals surface area contributed by atoms with E-state index in [4.69, 9.17) is 5.10 Å². The SMILES string of the molecule is O=C(O)C1CC12CCN(C(=O)c1cc(C3CC3)nn1-c1ccccc1)CC2. The van der Waals surface area contributed by atoms with Crippen molar-refractivity contribution in [2.75, 3.05) is 13.1 Å². The Morgan fingerprint density at radius 1 is 1.11 bits per heavy atom. The number of likely N-dealkylation sites (tertiary alicyclic amines) is 1. The van der Waals surface area contributed by atoms with Gasteiger partial charge in [-0.25, -0.2) is 4.68 Å². The maximum Gasteiger partial charge on any atom is 0.307 e. The minimum Gasteiger partial charge on any atom is -0.481 e. The van der Waals surface area contributed by atoms with E-state index in [0.29, 0.717) is 24.7 Å². The Kier molecular flexibility index (Phi) is 3.64. The molecule has 140 valence electrons. The van der Waals surface area contributed by atoms with E-state index < -0.39 is 5.97 Å². The van der Waals surface area contributed by atoms with Crippen LogP contribution in [0.1, 0.15) is 54.2 Å². The Balaban J connectivity index is 1.38. The predicted octanol–water partition coefficient (Wildman–Crippen LogP) is 3.08. The highest BCUT2D eigenvalue weighted by molar-refractivity contribution is 5.93. The molecule has 0 radical (unpaired) electrons. The zero-order valence-electron chi connectivity index (χ0n) is 15.2. The quantitative estimate of drug-likeness (QED) is 0.903. The lowest BCUT2D eigenvalue weighted by atomic mass is 9.90. The molecule has 1 saturated heterocycles. The Labute approximate surface area is 157 Å². The van der Waals surface area contributed by atoms with Gasteiger partial charge in [0.25, 0.3) is 5.91 Å². The molecule has 2 saturated carbocycles. The number of carbonyl (C=O) groups excluding carboxylic acids is 1. The van der Waals surface area contributed by atoms with Gasteiger partial charge in [-0.15, -0.1) is 0 Å². The van der Waals surface area contributed by atoms with Crippen LogP contribution < -0.4 is 0 Å². The van der Waals surface area contributed by atoms with E-state index >= 15 is 0 Å². The summed E-state index contributed by atoms with van der Waals surface area (Å²) >= 11 is 0. The predicted molar refractivity (Wildman–Crippen MR) is 98.9 cm³/mol. The lowest BCUT2D eigenvalue weighted by Crippen LogP contribution is -2.40. The summed E-state index contributed by atoms with van der Waals surface area (Å²) in [6.07, 6.45) is 4.61. The fourth-order valence-corrected chi connectivity index (χ4v) is 4.46. The molecule has 2 aliphatic carbocycles. The van der Waals surface area contributed by atoms with Crippen molar-refractivity contribution in [3.05, 3.63) is 47.8 Å². The van der Waals surface area contributed by atoms with Crippen molar-refractivity contribution in [1.82, 2.24) is 14.7 Å². The third-order valence-corrected chi connectivity index (χ3v) is 6.48. The molecule has 1 N–H and O–H groups in total. The van der Waals surface area contributed by atoms with Gasteiger partial charge in [-0.3, -0.25) is 9.59 Å². The minimum atomic E-state index is -0.689. The molecule has 5 rings (SSSR count). The zero-order valence-corrected chi connectivity index (χ0v) is 15.2. The summed E-state index contributed by atoms with van der Waals surface area (Å²) in [5.41, 5.74) is 2.45. The van der Waals surface area contributed by atoms with Crippen molar-refractivity contribution >= 4 is 11.9 Å². The van der Waals surface area contributed by atoms with E-state index in [1.165, 1.54) is 0 Å². The summed E-state index contributed by atoms with van der Waals surface area (Å²) in [5.74, 6) is -0.424. The monoisotopic (exact) mass is 365 g/mol. The van der Waals surface area contributed by atoms with Crippen molar-refractivity contribution in [3.8, 4) is 5.69 Å². The number of nitrogens with zero attached hydrogens (tertiary/aromatic N) is 3. The van der Waals surface area contributed by atoms with Crippen molar-refractivity contribution in [2.24, 2.45) is 11.3 Å². The summed E-state index contributed by atoms with van der Waals surface area (Å²) in [5, 5.41) is 14.0. The van der Waals surface area contributed by atoms with Crippen LogP contribution in [0.25, 0.3) is 5.69 Å². The van der Waals surface area contributed by atoms with Crippen LogP contribution in [0.3, 0.4) is 0 Å². The molecular formula is C21H23N3O3. The number of carbonyl (C=O) groups is 2. The lowest BCUT2D eigenvalue weighted by Gasteiger charge is -2.32. The van der Waals surface area contributed by atoms with Crippen LogP contribution in [0.15, 0.2) is 36.4 Å². The van der Waals surface area contributed by atoms with E-state index in [-0.39, 0.29) is 17.2 Å². The summed E-state index contributed by atoms with van der Waals surface area (Å²) in [6, 6.07) is 11.7. The van der Waals surface area contributed by atoms with Crippen molar-refractivity contribution in [2.45, 2.75) is 38.0 Å². The second kappa shape index (κ2) is 5.94. The van der Waals surface area contributed by atoms with Crippen molar-refractivity contribution < 1.29 is 14.7 Å². The molecule has 3 aliphatic rings. The highest BCUT2D eigenvalue weighted by Gasteiger charge is 2.59. The second-order valence-electron chi connectivity index (χ2n) is 8.23. The maximum atomic E-state index is 13.2. The summed E-state index contributed by atoms with van der Waals surface area (Å²) in [6.45, 7) is 1.25. The third kappa shape index (κ3) is 2.83. The number of benzene rings is 1. The molecule has 3 fully saturated rings. The molecule has 1 unspecified atom stereocenters. The molecule has 1 aliphatic heterocycles. The average molecular weight is 365 g/mol. The Morgan fingerprint density at radius 2 is 1.81 bits per heavy atom. The Hall–Kier alpha value is -2.63. The molecule has 0 bridgehead atoms. The van der Waals surface area contributed by atoms with Gasteiger partial charge in [0, 0.05) is 19.0 Å². The standard InChI is InChI=1S/C21H23N3O3/c25-19(23-10-8-21(9-11-23)13-16(21)20(26)27)18-12-17(14-6-7-14)22-24(18)15-4-2-1-3-5-15/h1-5,12,14,16H,6-11,13H2,(H,26,27). The molecule has 2 aromatic rings. The number of piperidine rings is 1. The van der Waals surface area contributed by atoms with Gasteiger partial charge in [0.1, 0.15) is 5.69 Å². The van der Waals surface area contributed by atoms with Crippen LogP contribution in [-0.2, 0) is 4.79 Å². The molecule has 6 nitrogen and oxygen atoms in total. The first-order valence-electron chi connectivity index (χ1n) is 9.75. The van der Waals surface area contributed by atoms with Gasteiger partial charge < -0.3 is 10.0 Å². The van der Waals surface area contributed by atoms with Crippen LogP contribution in [0.2, 0.25) is 0 Å². The molecule has 1 spiro atoms. The van der Waals surface area contributed by atoms with Gasteiger partial charge in [-0.1, -0.05) is 18.2 Å². The van der Waals surface area contributed by atoms with Gasteiger partial charge in [0.2, 0.25) is 0 Å². The van der Waals surface area contributed by atoms with Crippen molar-refractivity contribution in [1.29, 1.82) is 0 Å². The van der Waals surface area contributed by atoms with Crippen LogP contribution in [0.5, 0.6) is 0 Å². The number of aromatic nitrogens is 2. The molecule has 6 heteroatoms. The molecule has 2 heterocycles. The fourth-order valence-electron chi connectivity index (χ4n) is 4.46. The highest BCUT2D eigenvalue weighted by Crippen LogP contribution is 2.59. The fraction of sp³-hybridized carbons (Fsp3) is 0.476. The lowest BCUT2D eigenvalue weighted by molar-refractivity contribution is -0.139. The molecule has 1 amide bonds. The number of amides is 1. The smallest absolute Gasteiger partial charge is 0.307 e. The van der Waals surface area contributed by atoms with Crippen LogP contribution in [0, 0.1) is 11.3 Å². The summed E-state index contributed by atoms with van der Waals surface area (Å²) in [7, 11) is 0. The van der Waals surface area contributed by atoms with Gasteiger partial charge in [-0.2, -0.15) is 5.10 Å². The average Bonchev–Trinajstić information content (AvgIpc) is 3.61. The third-order valence-electron chi connectivity index (χ3n) is 6.48. The number of carboxylic acid groups (broad SMARTS) is 1. The number of aliphatic carboxylic acids is 1. The molecule has 1 atom stereocenters. The van der Waals surface area contributed by atoms with Gasteiger partial charge >= 0.3 is 5.97 Å².